The molecule has 8 heteroatoms. The van der Waals surface area contributed by atoms with E-state index in [2.05, 4.69) is 16.8 Å². The van der Waals surface area contributed by atoms with Crippen molar-refractivity contribution < 1.29 is 18.0 Å². The Hall–Kier alpha value is -2.06. The maximum absolute atomic E-state index is 13.8. The van der Waals surface area contributed by atoms with E-state index >= 15 is 0 Å². The molecule has 1 saturated heterocycles. The minimum Gasteiger partial charge on any atom is -0.306 e. The van der Waals surface area contributed by atoms with Gasteiger partial charge in [0, 0.05) is 38.1 Å². The van der Waals surface area contributed by atoms with Crippen LogP contribution >= 0.6 is 0 Å². The number of piperazine rings is 1. The summed E-state index contributed by atoms with van der Waals surface area (Å²) in [5, 5.41) is 0.659. The Labute approximate surface area is 155 Å². The summed E-state index contributed by atoms with van der Waals surface area (Å²) in [6.07, 6.45) is -3.96. The summed E-state index contributed by atoms with van der Waals surface area (Å²) < 4.78 is 42.6. The fourth-order valence-electron chi connectivity index (χ4n) is 4.09. The van der Waals surface area contributed by atoms with Gasteiger partial charge in [0.15, 0.2) is 6.04 Å². The van der Waals surface area contributed by atoms with Gasteiger partial charge in [-0.2, -0.15) is 13.2 Å². The molecule has 1 atom stereocenters. The zero-order chi connectivity index (χ0) is 19.2. The van der Waals surface area contributed by atoms with Crippen molar-refractivity contribution >= 4 is 16.9 Å². The molecule has 5 nitrogen and oxygen atoms in total. The molecule has 0 aliphatic carbocycles. The zero-order valence-corrected chi connectivity index (χ0v) is 15.2. The molecule has 2 aliphatic heterocycles. The Morgan fingerprint density at radius 2 is 1.78 bits per heavy atom. The molecule has 1 aromatic carbocycles. The average molecular weight is 380 g/mol. The molecule has 3 heterocycles. The van der Waals surface area contributed by atoms with E-state index < -0.39 is 18.2 Å². The van der Waals surface area contributed by atoms with Crippen molar-refractivity contribution in [2.45, 2.75) is 18.6 Å². The van der Waals surface area contributed by atoms with E-state index in [1.54, 1.807) is 24.3 Å². The maximum atomic E-state index is 13.8. The number of benzene rings is 1. The predicted molar refractivity (Wildman–Crippen MR) is 96.8 cm³/mol. The lowest BCUT2D eigenvalue weighted by molar-refractivity contribution is -0.175. The van der Waals surface area contributed by atoms with Crippen molar-refractivity contribution in [2.75, 3.05) is 46.3 Å². The highest BCUT2D eigenvalue weighted by Crippen LogP contribution is 2.44. The van der Waals surface area contributed by atoms with Crippen LogP contribution < -0.4 is 0 Å². The molecular formula is C19H23F3N4O. The first kappa shape index (κ1) is 18.3. The second-order valence-electron chi connectivity index (χ2n) is 7.38. The standard InChI is InChI=1S/C19H23F3N4O/c1-23-9-11-24(12-10-23)7-4-8-25-17(19(20,21)22)16-13-14-5-2-3-6-15(14)26(16)18(25)27/h2-3,5-6,13,17H,4,7-12H2,1H3. The number of halogens is 3. The summed E-state index contributed by atoms with van der Waals surface area (Å²) in [4.78, 5) is 18.3. The largest absolute Gasteiger partial charge is 0.414 e. The SMILES string of the molecule is CN1CCN(CCCN2C(=O)n3c(cc4ccccc43)C2C(F)(F)F)CC1. The van der Waals surface area contributed by atoms with Crippen LogP contribution in [0, 0.1) is 0 Å². The molecule has 0 bridgehead atoms. The summed E-state index contributed by atoms with van der Waals surface area (Å²) in [6, 6.07) is 5.97. The molecule has 4 rings (SSSR count). The highest BCUT2D eigenvalue weighted by molar-refractivity contribution is 5.95. The summed E-state index contributed by atoms with van der Waals surface area (Å²) in [7, 11) is 2.06. The van der Waals surface area contributed by atoms with E-state index in [4.69, 9.17) is 0 Å². The van der Waals surface area contributed by atoms with Gasteiger partial charge in [0.25, 0.3) is 0 Å². The topological polar surface area (TPSA) is 31.7 Å². The van der Waals surface area contributed by atoms with Crippen LogP contribution in [-0.4, -0.2) is 77.8 Å². The molecule has 0 radical (unpaired) electrons. The van der Waals surface area contributed by atoms with Gasteiger partial charge >= 0.3 is 12.2 Å². The zero-order valence-electron chi connectivity index (χ0n) is 15.2. The van der Waals surface area contributed by atoms with Gasteiger partial charge < -0.3 is 14.7 Å². The maximum Gasteiger partial charge on any atom is 0.414 e. The van der Waals surface area contributed by atoms with Crippen LogP contribution in [0.5, 0.6) is 0 Å². The second-order valence-corrected chi connectivity index (χ2v) is 7.38. The number of hydrogen-bond acceptors (Lipinski definition) is 3. The van der Waals surface area contributed by atoms with Gasteiger partial charge in [-0.05, 0) is 32.1 Å². The molecule has 0 N–H and O–H groups in total. The van der Waals surface area contributed by atoms with Gasteiger partial charge in [0.2, 0.25) is 0 Å². The quantitative estimate of drug-likeness (QED) is 0.817. The molecule has 1 amide bonds. The number of hydrogen-bond donors (Lipinski definition) is 0. The van der Waals surface area contributed by atoms with Gasteiger partial charge in [0.1, 0.15) is 0 Å². The number of aromatic nitrogens is 1. The predicted octanol–water partition coefficient (Wildman–Crippen LogP) is 3.17. The number of alkyl halides is 3. The van der Waals surface area contributed by atoms with E-state index in [1.807, 2.05) is 0 Å². The fourth-order valence-corrected chi connectivity index (χ4v) is 4.09. The van der Waals surface area contributed by atoms with Crippen molar-refractivity contribution in [3.8, 4) is 0 Å². The van der Waals surface area contributed by atoms with E-state index in [-0.39, 0.29) is 12.2 Å². The minimum atomic E-state index is -4.49. The smallest absolute Gasteiger partial charge is 0.306 e. The van der Waals surface area contributed by atoms with Crippen LogP contribution in [0.15, 0.2) is 30.3 Å². The van der Waals surface area contributed by atoms with Crippen LogP contribution in [0.1, 0.15) is 18.2 Å². The van der Waals surface area contributed by atoms with E-state index in [1.165, 1.54) is 10.6 Å². The van der Waals surface area contributed by atoms with Gasteiger partial charge in [0.05, 0.1) is 11.2 Å². The molecule has 0 spiro atoms. The first-order valence-electron chi connectivity index (χ1n) is 9.25. The number of para-hydroxylation sites is 1. The van der Waals surface area contributed by atoms with Crippen LogP contribution in [0.2, 0.25) is 0 Å². The monoisotopic (exact) mass is 380 g/mol. The van der Waals surface area contributed by atoms with Gasteiger partial charge in [-0.25, -0.2) is 4.79 Å². The lowest BCUT2D eigenvalue weighted by Crippen LogP contribution is -2.45. The molecule has 2 aromatic rings. The van der Waals surface area contributed by atoms with E-state index in [9.17, 15) is 18.0 Å². The lowest BCUT2D eigenvalue weighted by Gasteiger charge is -2.33. The number of carbonyl (C=O) groups excluding carboxylic acids is 1. The van der Waals surface area contributed by atoms with Crippen molar-refractivity contribution in [1.82, 2.24) is 19.3 Å². The number of rotatable bonds is 4. The molecule has 146 valence electrons. The van der Waals surface area contributed by atoms with Gasteiger partial charge in [-0.1, -0.05) is 18.2 Å². The minimum absolute atomic E-state index is 0.0216. The van der Waals surface area contributed by atoms with Crippen LogP contribution in [0.3, 0.4) is 0 Å². The average Bonchev–Trinajstić information content (AvgIpc) is 3.11. The molecule has 27 heavy (non-hydrogen) atoms. The first-order valence-corrected chi connectivity index (χ1v) is 9.25. The summed E-state index contributed by atoms with van der Waals surface area (Å²) in [5.41, 5.74) is 0.557. The third-order valence-electron chi connectivity index (χ3n) is 5.55. The van der Waals surface area contributed by atoms with Crippen LogP contribution in [0.4, 0.5) is 18.0 Å². The van der Waals surface area contributed by atoms with E-state index in [0.717, 1.165) is 31.1 Å². The fraction of sp³-hybridized carbons (Fsp3) is 0.526. The molecule has 1 unspecified atom stereocenters. The molecule has 2 aliphatic rings. The van der Waals surface area contributed by atoms with Crippen molar-refractivity contribution in [2.24, 2.45) is 0 Å². The molecule has 1 fully saturated rings. The number of amides is 1. The van der Waals surface area contributed by atoms with Gasteiger partial charge in [-0.15, -0.1) is 0 Å². The Balaban J connectivity index is 1.52. The highest BCUT2D eigenvalue weighted by Gasteiger charge is 2.53. The lowest BCUT2D eigenvalue weighted by atomic mass is 10.1. The molecular weight excluding hydrogens is 357 g/mol. The van der Waals surface area contributed by atoms with Crippen molar-refractivity contribution in [1.29, 1.82) is 0 Å². The van der Waals surface area contributed by atoms with E-state index in [0.29, 0.717) is 23.9 Å². The van der Waals surface area contributed by atoms with Crippen molar-refractivity contribution in [3.63, 3.8) is 0 Å². The van der Waals surface area contributed by atoms with Gasteiger partial charge in [-0.3, -0.25) is 4.57 Å². The third kappa shape index (κ3) is 3.32. The molecule has 0 saturated carbocycles. The number of fused-ring (bicyclic) bond motifs is 3. The Morgan fingerprint density at radius 3 is 2.48 bits per heavy atom. The van der Waals surface area contributed by atoms with Crippen LogP contribution in [0.25, 0.3) is 10.9 Å². The van der Waals surface area contributed by atoms with Crippen LogP contribution in [-0.2, 0) is 0 Å². The highest BCUT2D eigenvalue weighted by atomic mass is 19.4. The third-order valence-corrected chi connectivity index (χ3v) is 5.55. The summed E-state index contributed by atoms with van der Waals surface area (Å²) in [5.74, 6) is 0. The summed E-state index contributed by atoms with van der Waals surface area (Å²) in [6.45, 7) is 4.56. The molecule has 1 aromatic heterocycles. The first-order chi connectivity index (χ1) is 12.9. The Bertz CT molecular complexity index is 839. The Kier molecular flexibility index (Phi) is 4.63. The number of nitrogens with zero attached hydrogens (tertiary/aromatic N) is 4. The Morgan fingerprint density at radius 1 is 1.07 bits per heavy atom. The van der Waals surface area contributed by atoms with Crippen molar-refractivity contribution in [3.05, 3.63) is 36.0 Å². The normalized spacial score (nSPS) is 22.0. The second kappa shape index (κ2) is 6.83. The number of likely N-dealkylation sites (N-methyl/N-ethyl adjacent to an activating group) is 1. The summed E-state index contributed by atoms with van der Waals surface area (Å²) >= 11 is 0. The number of carbonyl (C=O) groups is 1.